The van der Waals surface area contributed by atoms with Gasteiger partial charge in [-0.1, -0.05) is 53.7 Å². The summed E-state index contributed by atoms with van der Waals surface area (Å²) >= 11 is 7.19. The molecule has 148 valence electrons. The summed E-state index contributed by atoms with van der Waals surface area (Å²) in [5.74, 6) is 0.474. The summed E-state index contributed by atoms with van der Waals surface area (Å²) in [7, 11) is -3.91. The van der Waals surface area contributed by atoms with Crippen molar-refractivity contribution in [2.75, 3.05) is 0 Å². The number of aromatic nitrogens is 1. The zero-order valence-corrected chi connectivity index (χ0v) is 17.7. The smallest absolute Gasteiger partial charge is 0.265 e. The van der Waals surface area contributed by atoms with E-state index in [1.165, 1.54) is 42.3 Å². The van der Waals surface area contributed by atoms with Gasteiger partial charge in [0.05, 0.1) is 11.2 Å². The van der Waals surface area contributed by atoms with E-state index in [1.54, 1.807) is 12.1 Å². The van der Waals surface area contributed by atoms with Crippen LogP contribution in [0.2, 0.25) is 5.02 Å². The van der Waals surface area contributed by atoms with Crippen LogP contribution in [0.3, 0.4) is 0 Å². The summed E-state index contributed by atoms with van der Waals surface area (Å²) in [6.07, 6.45) is 1.48. The molecule has 0 saturated heterocycles. The number of benzene rings is 2. The molecule has 0 fully saturated rings. The zero-order chi connectivity index (χ0) is 20.4. The predicted octanol–water partition coefficient (Wildman–Crippen LogP) is 6.27. The molecule has 0 aliphatic rings. The molecule has 4 aromatic rings. The number of oxazole rings is 1. The normalized spacial score (nSPS) is 12.8. The largest absolute Gasteiger partial charge is 0.459 e. The minimum Gasteiger partial charge on any atom is -0.459 e. The van der Waals surface area contributed by atoms with Gasteiger partial charge >= 0.3 is 0 Å². The third-order valence-electron chi connectivity index (χ3n) is 4.23. The Morgan fingerprint density at radius 2 is 1.72 bits per heavy atom. The highest BCUT2D eigenvalue weighted by atomic mass is 35.5. The maximum Gasteiger partial charge on any atom is 0.265 e. The van der Waals surface area contributed by atoms with Crippen molar-refractivity contribution in [3.8, 4) is 11.7 Å². The van der Waals surface area contributed by atoms with Crippen molar-refractivity contribution in [1.29, 1.82) is 0 Å². The van der Waals surface area contributed by atoms with Crippen molar-refractivity contribution in [3.05, 3.63) is 83.6 Å². The van der Waals surface area contributed by atoms with Crippen LogP contribution in [-0.4, -0.2) is 13.4 Å². The number of furan rings is 1. The van der Waals surface area contributed by atoms with Crippen LogP contribution in [0.1, 0.15) is 17.7 Å². The van der Waals surface area contributed by atoms with Gasteiger partial charge in [0.2, 0.25) is 20.0 Å². The van der Waals surface area contributed by atoms with Gasteiger partial charge in [0.1, 0.15) is 0 Å². The monoisotopic (exact) mass is 445 g/mol. The van der Waals surface area contributed by atoms with E-state index in [-0.39, 0.29) is 26.2 Å². The van der Waals surface area contributed by atoms with Crippen molar-refractivity contribution >= 4 is 33.2 Å². The van der Waals surface area contributed by atoms with Gasteiger partial charge in [0.15, 0.2) is 5.76 Å². The van der Waals surface area contributed by atoms with Crippen molar-refractivity contribution < 1.29 is 17.3 Å². The van der Waals surface area contributed by atoms with Crippen LogP contribution in [0.4, 0.5) is 0 Å². The van der Waals surface area contributed by atoms with E-state index in [4.69, 9.17) is 20.4 Å². The number of halogens is 1. The molecule has 4 rings (SSSR count). The number of rotatable bonds is 6. The molecule has 0 radical (unpaired) electrons. The van der Waals surface area contributed by atoms with Crippen LogP contribution in [0.25, 0.3) is 11.7 Å². The molecule has 2 heterocycles. The Kier molecular flexibility index (Phi) is 5.54. The van der Waals surface area contributed by atoms with Crippen LogP contribution in [0, 0.1) is 0 Å². The third kappa shape index (κ3) is 4.12. The quantitative estimate of drug-likeness (QED) is 0.325. The average Bonchev–Trinajstić information content (AvgIpc) is 3.39. The summed E-state index contributed by atoms with van der Waals surface area (Å²) < 4.78 is 37.7. The molecule has 0 aliphatic heterocycles. The lowest BCUT2D eigenvalue weighted by molar-refractivity contribution is 0.450. The summed E-state index contributed by atoms with van der Waals surface area (Å²) in [5.41, 5.74) is 1.04. The molecule has 2 aromatic carbocycles. The number of hydrogen-bond donors (Lipinski definition) is 0. The van der Waals surface area contributed by atoms with Gasteiger partial charge in [0.25, 0.3) is 5.89 Å². The predicted molar refractivity (Wildman–Crippen MR) is 112 cm³/mol. The fraction of sp³-hybridized carbons (Fsp3) is 0.0952. The molecule has 0 aliphatic carbocycles. The van der Waals surface area contributed by atoms with E-state index in [1.807, 2.05) is 37.3 Å². The molecule has 0 N–H and O–H groups in total. The van der Waals surface area contributed by atoms with Crippen LogP contribution in [0.15, 0.2) is 96.8 Å². The van der Waals surface area contributed by atoms with Crippen LogP contribution >= 0.6 is 23.4 Å². The first kappa shape index (κ1) is 19.8. The first-order valence-electron chi connectivity index (χ1n) is 8.72. The maximum absolute atomic E-state index is 13.3. The lowest BCUT2D eigenvalue weighted by Gasteiger charge is -2.10. The van der Waals surface area contributed by atoms with Gasteiger partial charge in [-0.05, 0) is 48.9 Å². The van der Waals surface area contributed by atoms with Gasteiger partial charge in [-0.2, -0.15) is 4.98 Å². The maximum atomic E-state index is 13.3. The summed E-state index contributed by atoms with van der Waals surface area (Å²) in [6.45, 7) is 1.98. The van der Waals surface area contributed by atoms with Crippen molar-refractivity contribution in [2.24, 2.45) is 0 Å². The highest BCUT2D eigenvalue weighted by molar-refractivity contribution is 8.00. The van der Waals surface area contributed by atoms with Gasteiger partial charge in [-0.25, -0.2) is 8.42 Å². The molecule has 5 nitrogen and oxygen atoms in total. The lowest BCUT2D eigenvalue weighted by atomic mass is 10.2. The fourth-order valence-electron chi connectivity index (χ4n) is 2.72. The molecule has 0 amide bonds. The Bertz CT molecular complexity index is 1200. The molecule has 0 bridgehead atoms. The Morgan fingerprint density at radius 3 is 2.38 bits per heavy atom. The summed E-state index contributed by atoms with van der Waals surface area (Å²) in [4.78, 5) is 4.36. The Morgan fingerprint density at radius 1 is 1.00 bits per heavy atom. The molecule has 0 unspecified atom stereocenters. The molecule has 2 aromatic heterocycles. The van der Waals surface area contributed by atoms with E-state index in [9.17, 15) is 8.42 Å². The van der Waals surface area contributed by atoms with Gasteiger partial charge < -0.3 is 8.83 Å². The van der Waals surface area contributed by atoms with Crippen molar-refractivity contribution in [2.45, 2.75) is 27.2 Å². The second-order valence-corrected chi connectivity index (χ2v) is 9.83. The van der Waals surface area contributed by atoms with Gasteiger partial charge in [0, 0.05) is 10.3 Å². The second-order valence-electron chi connectivity index (χ2n) is 6.22. The van der Waals surface area contributed by atoms with E-state index < -0.39 is 9.84 Å². The minimum absolute atomic E-state index is 0.0484. The minimum atomic E-state index is -3.91. The second kappa shape index (κ2) is 8.10. The highest BCUT2D eigenvalue weighted by Gasteiger charge is 2.30. The summed E-state index contributed by atoms with van der Waals surface area (Å²) in [6, 6.07) is 19.1. The van der Waals surface area contributed by atoms with Crippen LogP contribution in [0.5, 0.6) is 0 Å². The number of thioether (sulfide) groups is 1. The molecular formula is C21H16ClNO4S2. The Labute approximate surface area is 177 Å². The number of sulfone groups is 1. The Balaban J connectivity index is 1.78. The van der Waals surface area contributed by atoms with E-state index >= 15 is 0 Å². The van der Waals surface area contributed by atoms with E-state index in [2.05, 4.69) is 4.98 Å². The number of nitrogens with zero attached hydrogens (tertiary/aromatic N) is 1. The van der Waals surface area contributed by atoms with Crippen LogP contribution in [-0.2, 0) is 9.84 Å². The zero-order valence-electron chi connectivity index (χ0n) is 15.3. The standard InChI is InChI=1S/C21H16ClNO4S2/c1-14(15-6-3-2-4-7-15)28-21-20(23-19(27-21)18-8-5-13-26-18)29(24,25)17-11-9-16(22)10-12-17/h2-14H,1H3/t14-/m0/s1. The van der Waals surface area contributed by atoms with Gasteiger partial charge in [-0.3, -0.25) is 0 Å². The van der Waals surface area contributed by atoms with Crippen LogP contribution < -0.4 is 0 Å². The van der Waals surface area contributed by atoms with Crippen molar-refractivity contribution in [3.63, 3.8) is 0 Å². The van der Waals surface area contributed by atoms with Crippen molar-refractivity contribution in [1.82, 2.24) is 4.98 Å². The lowest BCUT2D eigenvalue weighted by Crippen LogP contribution is -2.04. The number of hydrogen-bond acceptors (Lipinski definition) is 6. The molecule has 8 heteroatoms. The first-order valence-corrected chi connectivity index (χ1v) is 11.5. The first-order chi connectivity index (χ1) is 13.9. The highest BCUT2D eigenvalue weighted by Crippen LogP contribution is 2.41. The molecule has 1 atom stereocenters. The molecule has 0 spiro atoms. The summed E-state index contributed by atoms with van der Waals surface area (Å²) in [5, 5.41) is 0.474. The average molecular weight is 446 g/mol. The Hall–Kier alpha value is -2.48. The van der Waals surface area contributed by atoms with E-state index in [0.29, 0.717) is 10.8 Å². The van der Waals surface area contributed by atoms with E-state index in [0.717, 1.165) is 5.56 Å². The topological polar surface area (TPSA) is 73.3 Å². The SMILES string of the molecule is C[C@H](Sc1oc(-c2ccco2)nc1S(=O)(=O)c1ccc(Cl)cc1)c1ccccc1. The van der Waals surface area contributed by atoms with Gasteiger partial charge in [-0.15, -0.1) is 0 Å². The molecular weight excluding hydrogens is 430 g/mol. The fourth-order valence-corrected chi connectivity index (χ4v) is 5.39. The molecule has 0 saturated carbocycles. The third-order valence-corrected chi connectivity index (χ3v) is 7.41. The molecule has 29 heavy (non-hydrogen) atoms.